The number of ether oxygens (including phenoxy) is 1. The summed E-state index contributed by atoms with van der Waals surface area (Å²) in [6.45, 7) is 3.38. The van der Waals surface area contributed by atoms with E-state index >= 15 is 0 Å². The van der Waals surface area contributed by atoms with Crippen LogP contribution in [0.25, 0.3) is 0 Å². The molecule has 0 unspecified atom stereocenters. The van der Waals surface area contributed by atoms with Crippen LogP contribution >= 0.6 is 0 Å². The molecule has 19 heavy (non-hydrogen) atoms. The maximum Gasteiger partial charge on any atom is 0.0945 e. The highest BCUT2D eigenvalue weighted by molar-refractivity contribution is 5.00. The number of hydrogen-bond donors (Lipinski definition) is 1. The lowest BCUT2D eigenvalue weighted by atomic mass is 9.94. The van der Waals surface area contributed by atoms with Crippen molar-refractivity contribution in [3.05, 3.63) is 18.2 Å². The Bertz CT molecular complexity index is 421. The summed E-state index contributed by atoms with van der Waals surface area (Å²) in [7, 11) is 2.03. The minimum atomic E-state index is -0.152. The third-order valence-electron chi connectivity index (χ3n) is 4.59. The van der Waals surface area contributed by atoms with Gasteiger partial charge >= 0.3 is 0 Å². The van der Waals surface area contributed by atoms with Crippen molar-refractivity contribution in [1.29, 1.82) is 0 Å². The summed E-state index contributed by atoms with van der Waals surface area (Å²) in [5, 5.41) is 10.1. The first kappa shape index (κ1) is 13.1. The van der Waals surface area contributed by atoms with Crippen LogP contribution in [0.3, 0.4) is 0 Å². The molecule has 1 aromatic heterocycles. The minimum absolute atomic E-state index is 0.152. The first-order valence-corrected chi connectivity index (χ1v) is 7.21. The molecule has 2 heterocycles. The molecule has 106 valence electrons. The molecule has 3 atom stereocenters. The highest BCUT2D eigenvalue weighted by Crippen LogP contribution is 2.32. The van der Waals surface area contributed by atoms with Crippen molar-refractivity contribution in [2.45, 2.75) is 38.0 Å². The third-order valence-corrected chi connectivity index (χ3v) is 4.59. The van der Waals surface area contributed by atoms with E-state index in [1.807, 2.05) is 19.6 Å². The smallest absolute Gasteiger partial charge is 0.0945 e. The van der Waals surface area contributed by atoms with Gasteiger partial charge in [0.15, 0.2) is 0 Å². The molecule has 3 rings (SSSR count). The van der Waals surface area contributed by atoms with E-state index in [0.29, 0.717) is 12.0 Å². The topological polar surface area (TPSA) is 50.5 Å². The van der Waals surface area contributed by atoms with Gasteiger partial charge in [-0.25, -0.2) is 4.98 Å². The van der Waals surface area contributed by atoms with Crippen molar-refractivity contribution in [1.82, 2.24) is 14.5 Å². The zero-order chi connectivity index (χ0) is 13.2. The highest BCUT2D eigenvalue weighted by atomic mass is 16.5. The van der Waals surface area contributed by atoms with Crippen LogP contribution in [0.4, 0.5) is 0 Å². The maximum absolute atomic E-state index is 10.1. The summed E-state index contributed by atoms with van der Waals surface area (Å²) in [6, 6.07) is 0.348. The summed E-state index contributed by atoms with van der Waals surface area (Å²) in [5.41, 5.74) is 1.22. The first-order chi connectivity index (χ1) is 9.25. The summed E-state index contributed by atoms with van der Waals surface area (Å²) in [6.07, 6.45) is 6.83. The number of nitrogens with zero attached hydrogens (tertiary/aromatic N) is 3. The quantitative estimate of drug-likeness (QED) is 0.877. The molecule has 0 radical (unpaired) electrons. The van der Waals surface area contributed by atoms with Crippen LogP contribution in [-0.2, 0) is 18.3 Å². The molecule has 1 aliphatic carbocycles. The standard InChI is InChI=1S/C14H23N3O2/c1-16-10-15-7-11(16)8-17-5-6-19-9-13(17)12-3-2-4-14(12)18/h7,10,12-14,18H,2-6,8-9H2,1H3/t12-,13-,14+/m1/s1. The molecule has 0 amide bonds. The van der Waals surface area contributed by atoms with Gasteiger partial charge < -0.3 is 14.4 Å². The predicted molar refractivity (Wildman–Crippen MR) is 71.6 cm³/mol. The highest BCUT2D eigenvalue weighted by Gasteiger charge is 2.37. The maximum atomic E-state index is 10.1. The minimum Gasteiger partial charge on any atom is -0.393 e. The van der Waals surface area contributed by atoms with Crippen LogP contribution in [0, 0.1) is 5.92 Å². The molecular formula is C14H23N3O2. The van der Waals surface area contributed by atoms with E-state index in [4.69, 9.17) is 4.74 Å². The molecule has 0 aromatic carbocycles. The van der Waals surface area contributed by atoms with Gasteiger partial charge in [-0.15, -0.1) is 0 Å². The monoisotopic (exact) mass is 265 g/mol. The zero-order valence-electron chi connectivity index (χ0n) is 11.5. The Hall–Kier alpha value is -0.910. The number of aryl methyl sites for hydroxylation is 1. The van der Waals surface area contributed by atoms with Gasteiger partial charge in [-0.05, 0) is 12.8 Å². The van der Waals surface area contributed by atoms with E-state index < -0.39 is 0 Å². The van der Waals surface area contributed by atoms with Crippen LogP contribution in [0.2, 0.25) is 0 Å². The van der Waals surface area contributed by atoms with E-state index in [0.717, 1.165) is 45.6 Å². The summed E-state index contributed by atoms with van der Waals surface area (Å²) < 4.78 is 7.71. The van der Waals surface area contributed by atoms with Crippen molar-refractivity contribution < 1.29 is 9.84 Å². The first-order valence-electron chi connectivity index (χ1n) is 7.21. The summed E-state index contributed by atoms with van der Waals surface area (Å²) in [4.78, 5) is 6.64. The number of aliphatic hydroxyl groups is 1. The average molecular weight is 265 g/mol. The molecule has 0 bridgehead atoms. The van der Waals surface area contributed by atoms with E-state index in [2.05, 4.69) is 14.5 Å². The molecule has 5 nitrogen and oxygen atoms in total. The molecule has 1 saturated heterocycles. The average Bonchev–Trinajstić information content (AvgIpc) is 3.00. The van der Waals surface area contributed by atoms with Gasteiger partial charge in [0.2, 0.25) is 0 Å². The van der Waals surface area contributed by atoms with Crippen LogP contribution in [0.1, 0.15) is 25.0 Å². The van der Waals surface area contributed by atoms with E-state index in [1.165, 1.54) is 5.69 Å². The third kappa shape index (κ3) is 2.68. The van der Waals surface area contributed by atoms with Crippen LogP contribution in [0.5, 0.6) is 0 Å². The fraction of sp³-hybridized carbons (Fsp3) is 0.786. The van der Waals surface area contributed by atoms with Gasteiger partial charge in [0.1, 0.15) is 0 Å². The Morgan fingerprint density at radius 3 is 3.05 bits per heavy atom. The van der Waals surface area contributed by atoms with Gasteiger partial charge in [-0.2, -0.15) is 0 Å². The van der Waals surface area contributed by atoms with Crippen molar-refractivity contribution in [3.8, 4) is 0 Å². The second kappa shape index (κ2) is 5.61. The second-order valence-electron chi connectivity index (χ2n) is 5.77. The van der Waals surface area contributed by atoms with Gasteiger partial charge in [0.25, 0.3) is 0 Å². The molecule has 1 aliphatic heterocycles. The largest absolute Gasteiger partial charge is 0.393 e. The molecule has 2 fully saturated rings. The van der Waals surface area contributed by atoms with Crippen molar-refractivity contribution in [3.63, 3.8) is 0 Å². The fourth-order valence-corrected chi connectivity index (χ4v) is 3.41. The second-order valence-corrected chi connectivity index (χ2v) is 5.77. The number of morpholine rings is 1. The van der Waals surface area contributed by atoms with E-state index in [1.54, 1.807) is 0 Å². The van der Waals surface area contributed by atoms with Crippen molar-refractivity contribution in [2.75, 3.05) is 19.8 Å². The lowest BCUT2D eigenvalue weighted by Crippen LogP contribution is -2.50. The lowest BCUT2D eigenvalue weighted by Gasteiger charge is -2.40. The van der Waals surface area contributed by atoms with Crippen molar-refractivity contribution in [2.24, 2.45) is 13.0 Å². The molecule has 1 saturated carbocycles. The number of imidazole rings is 1. The Morgan fingerprint density at radius 2 is 2.37 bits per heavy atom. The SMILES string of the molecule is Cn1cncc1CN1CCOC[C@@H]1[C@H]1CCC[C@@H]1O. The molecule has 1 N–H and O–H groups in total. The predicted octanol–water partition coefficient (Wildman–Crippen LogP) is 0.782. The van der Waals surface area contributed by atoms with Gasteiger partial charge in [-0.3, -0.25) is 4.90 Å². The number of hydrogen-bond acceptors (Lipinski definition) is 4. The van der Waals surface area contributed by atoms with E-state index in [-0.39, 0.29) is 6.10 Å². The van der Waals surface area contributed by atoms with Crippen LogP contribution in [0.15, 0.2) is 12.5 Å². The Morgan fingerprint density at radius 1 is 1.47 bits per heavy atom. The number of aliphatic hydroxyl groups excluding tert-OH is 1. The summed E-state index contributed by atoms with van der Waals surface area (Å²) >= 11 is 0. The van der Waals surface area contributed by atoms with Crippen LogP contribution in [-0.4, -0.2) is 51.5 Å². The molecule has 2 aliphatic rings. The Labute approximate surface area is 114 Å². The van der Waals surface area contributed by atoms with E-state index in [9.17, 15) is 5.11 Å². The van der Waals surface area contributed by atoms with Gasteiger partial charge in [-0.1, -0.05) is 6.42 Å². The molecule has 0 spiro atoms. The molecular weight excluding hydrogens is 242 g/mol. The lowest BCUT2D eigenvalue weighted by molar-refractivity contribution is -0.0543. The van der Waals surface area contributed by atoms with Gasteiger partial charge in [0.05, 0.1) is 31.3 Å². The molecule has 5 heteroatoms. The van der Waals surface area contributed by atoms with Crippen molar-refractivity contribution >= 4 is 0 Å². The Balaban J connectivity index is 1.72. The molecule has 1 aromatic rings. The van der Waals surface area contributed by atoms with Gasteiger partial charge in [0, 0.05) is 38.3 Å². The Kier molecular flexibility index (Phi) is 3.86. The summed E-state index contributed by atoms with van der Waals surface area (Å²) in [5.74, 6) is 0.369. The fourth-order valence-electron chi connectivity index (χ4n) is 3.41. The zero-order valence-corrected chi connectivity index (χ0v) is 11.5. The normalized spacial score (nSPS) is 32.8. The number of rotatable bonds is 3. The van der Waals surface area contributed by atoms with Crippen LogP contribution < -0.4 is 0 Å². The number of aromatic nitrogens is 2.